The standard InChI is InChI=1S/C54H37FN2/c55-46-28-20-40(21-29-46)43-12-8-13-44(36-43)41-24-32-48(33-25-41)56(47-30-22-39(23-31-47)38-10-2-1-3-11-38)49-34-26-42(27-35-49)45-14-9-15-50(37-45)57-53-18-6-4-16-51(53)52-17-5-7-19-54(52)57/h1-37H. The van der Waals surface area contributed by atoms with Crippen molar-refractivity contribution < 1.29 is 4.39 Å². The molecule has 2 nitrogen and oxygen atoms in total. The zero-order valence-corrected chi connectivity index (χ0v) is 31.1. The van der Waals surface area contributed by atoms with Gasteiger partial charge in [-0.25, -0.2) is 4.39 Å². The molecule has 0 saturated carbocycles. The Morgan fingerprint density at radius 2 is 0.667 bits per heavy atom. The van der Waals surface area contributed by atoms with Crippen molar-refractivity contribution in [3.8, 4) is 50.2 Å². The minimum absolute atomic E-state index is 0.232. The van der Waals surface area contributed by atoms with Crippen molar-refractivity contribution in [2.45, 2.75) is 0 Å². The van der Waals surface area contributed by atoms with E-state index in [0.717, 1.165) is 56.1 Å². The normalized spacial score (nSPS) is 11.2. The molecule has 57 heavy (non-hydrogen) atoms. The van der Waals surface area contributed by atoms with Gasteiger partial charge in [0.1, 0.15) is 5.82 Å². The van der Waals surface area contributed by atoms with Crippen molar-refractivity contribution >= 4 is 38.9 Å². The van der Waals surface area contributed by atoms with Crippen LogP contribution in [0.4, 0.5) is 21.5 Å². The maximum atomic E-state index is 13.6. The second kappa shape index (κ2) is 14.6. The summed E-state index contributed by atoms with van der Waals surface area (Å²) in [5, 5.41) is 2.51. The van der Waals surface area contributed by atoms with E-state index in [1.165, 1.54) is 45.1 Å². The van der Waals surface area contributed by atoms with Crippen molar-refractivity contribution in [3.63, 3.8) is 0 Å². The fourth-order valence-corrected chi connectivity index (χ4v) is 8.03. The average molecular weight is 733 g/mol. The molecule has 0 aliphatic carbocycles. The molecule has 10 rings (SSSR count). The molecule has 0 amide bonds. The van der Waals surface area contributed by atoms with Gasteiger partial charge in [-0.3, -0.25) is 0 Å². The molecule has 10 aromatic rings. The van der Waals surface area contributed by atoms with Crippen LogP contribution in [0.1, 0.15) is 0 Å². The first kappa shape index (κ1) is 34.0. The summed E-state index contributed by atoms with van der Waals surface area (Å²) in [6, 6.07) is 78.1. The number of hydrogen-bond donors (Lipinski definition) is 0. The van der Waals surface area contributed by atoms with Gasteiger partial charge in [0, 0.05) is 33.5 Å². The van der Waals surface area contributed by atoms with E-state index in [0.29, 0.717) is 0 Å². The maximum Gasteiger partial charge on any atom is 0.123 e. The molecule has 270 valence electrons. The molecule has 0 spiro atoms. The molecule has 1 heterocycles. The van der Waals surface area contributed by atoms with Crippen LogP contribution in [0.15, 0.2) is 224 Å². The predicted octanol–water partition coefficient (Wildman–Crippen LogP) is 15.1. The molecule has 0 aliphatic rings. The molecule has 3 heteroatoms. The Morgan fingerprint density at radius 1 is 0.298 bits per heavy atom. The van der Waals surface area contributed by atoms with Crippen LogP contribution in [0, 0.1) is 5.82 Å². The SMILES string of the molecule is Fc1ccc(-c2cccc(-c3ccc(N(c4ccc(-c5ccccc5)cc4)c4ccc(-c5cccc(-n6c7ccccc7c7ccccc76)c5)cc4)cc3)c2)cc1. The van der Waals surface area contributed by atoms with Gasteiger partial charge in [-0.05, 0) is 123 Å². The van der Waals surface area contributed by atoms with Gasteiger partial charge in [-0.1, -0.05) is 146 Å². The summed E-state index contributed by atoms with van der Waals surface area (Å²) in [6.07, 6.45) is 0. The monoisotopic (exact) mass is 732 g/mol. The van der Waals surface area contributed by atoms with E-state index in [4.69, 9.17) is 0 Å². The Morgan fingerprint density at radius 3 is 1.18 bits per heavy atom. The average Bonchev–Trinajstić information content (AvgIpc) is 3.62. The highest BCUT2D eigenvalue weighted by atomic mass is 19.1. The van der Waals surface area contributed by atoms with Gasteiger partial charge in [0.15, 0.2) is 0 Å². The minimum atomic E-state index is -0.232. The summed E-state index contributed by atoms with van der Waals surface area (Å²) in [6.45, 7) is 0. The fourth-order valence-electron chi connectivity index (χ4n) is 8.03. The van der Waals surface area contributed by atoms with Crippen LogP contribution < -0.4 is 4.90 Å². The van der Waals surface area contributed by atoms with Gasteiger partial charge in [0.25, 0.3) is 0 Å². The highest BCUT2D eigenvalue weighted by Crippen LogP contribution is 2.39. The van der Waals surface area contributed by atoms with Crippen LogP contribution in [0.5, 0.6) is 0 Å². The molecule has 0 bridgehead atoms. The van der Waals surface area contributed by atoms with Gasteiger partial charge in [-0.15, -0.1) is 0 Å². The van der Waals surface area contributed by atoms with Crippen LogP contribution in [-0.2, 0) is 0 Å². The lowest BCUT2D eigenvalue weighted by Crippen LogP contribution is -2.09. The van der Waals surface area contributed by atoms with Crippen molar-refractivity contribution in [1.82, 2.24) is 4.57 Å². The lowest BCUT2D eigenvalue weighted by atomic mass is 9.98. The first-order valence-electron chi connectivity index (χ1n) is 19.3. The molecule has 0 fully saturated rings. The molecular weight excluding hydrogens is 696 g/mol. The van der Waals surface area contributed by atoms with Gasteiger partial charge in [0.2, 0.25) is 0 Å². The number of aromatic nitrogens is 1. The fraction of sp³-hybridized carbons (Fsp3) is 0. The van der Waals surface area contributed by atoms with Crippen LogP contribution >= 0.6 is 0 Å². The Bertz CT molecular complexity index is 2930. The zero-order chi connectivity index (χ0) is 38.1. The molecular formula is C54H37FN2. The largest absolute Gasteiger partial charge is 0.311 e. The second-order valence-electron chi connectivity index (χ2n) is 14.3. The minimum Gasteiger partial charge on any atom is -0.311 e. The topological polar surface area (TPSA) is 8.17 Å². The molecule has 1 aromatic heterocycles. The van der Waals surface area contributed by atoms with Gasteiger partial charge in [0.05, 0.1) is 11.0 Å². The second-order valence-corrected chi connectivity index (χ2v) is 14.3. The van der Waals surface area contributed by atoms with Crippen LogP contribution in [0.25, 0.3) is 72.0 Å². The number of rotatable bonds is 8. The van der Waals surface area contributed by atoms with E-state index in [9.17, 15) is 4.39 Å². The third-order valence-corrected chi connectivity index (χ3v) is 10.9. The van der Waals surface area contributed by atoms with Crippen molar-refractivity contribution in [1.29, 1.82) is 0 Å². The van der Waals surface area contributed by atoms with Crippen LogP contribution in [-0.4, -0.2) is 4.57 Å². The first-order valence-corrected chi connectivity index (χ1v) is 19.3. The number of hydrogen-bond acceptors (Lipinski definition) is 1. The van der Waals surface area contributed by atoms with E-state index in [1.54, 1.807) is 0 Å². The molecule has 0 saturated heterocycles. The summed E-state index contributed by atoms with van der Waals surface area (Å²) in [5.74, 6) is -0.232. The number of nitrogens with zero attached hydrogens (tertiary/aromatic N) is 2. The van der Waals surface area contributed by atoms with E-state index in [1.807, 2.05) is 18.2 Å². The van der Waals surface area contributed by atoms with E-state index < -0.39 is 0 Å². The first-order chi connectivity index (χ1) is 28.2. The summed E-state index contributed by atoms with van der Waals surface area (Å²) in [7, 11) is 0. The number of anilines is 3. The third kappa shape index (κ3) is 6.56. The van der Waals surface area contributed by atoms with Crippen molar-refractivity contribution in [2.75, 3.05) is 4.90 Å². The van der Waals surface area contributed by atoms with E-state index in [-0.39, 0.29) is 5.82 Å². The molecule has 0 unspecified atom stereocenters. The Hall–Kier alpha value is -7.49. The molecule has 9 aromatic carbocycles. The summed E-state index contributed by atoms with van der Waals surface area (Å²) in [4.78, 5) is 2.31. The van der Waals surface area contributed by atoms with Crippen molar-refractivity contribution in [3.05, 3.63) is 230 Å². The zero-order valence-electron chi connectivity index (χ0n) is 31.1. The lowest BCUT2D eigenvalue weighted by molar-refractivity contribution is 0.628. The number of benzene rings is 9. The van der Waals surface area contributed by atoms with E-state index >= 15 is 0 Å². The van der Waals surface area contributed by atoms with E-state index in [2.05, 4.69) is 204 Å². The van der Waals surface area contributed by atoms with Gasteiger partial charge in [-0.2, -0.15) is 0 Å². The molecule has 0 radical (unpaired) electrons. The summed E-state index contributed by atoms with van der Waals surface area (Å²) >= 11 is 0. The van der Waals surface area contributed by atoms with Crippen LogP contribution in [0.2, 0.25) is 0 Å². The quantitative estimate of drug-likeness (QED) is 0.151. The Kier molecular flexibility index (Phi) is 8.74. The maximum absolute atomic E-state index is 13.6. The third-order valence-electron chi connectivity index (χ3n) is 10.9. The number of para-hydroxylation sites is 2. The number of halogens is 1. The highest BCUT2D eigenvalue weighted by molar-refractivity contribution is 6.09. The summed E-state index contributed by atoms with van der Waals surface area (Å²) in [5.41, 5.74) is 15.7. The van der Waals surface area contributed by atoms with Gasteiger partial charge < -0.3 is 9.47 Å². The Labute approximate surface area is 332 Å². The lowest BCUT2D eigenvalue weighted by Gasteiger charge is -2.26. The van der Waals surface area contributed by atoms with Gasteiger partial charge >= 0.3 is 0 Å². The smallest absolute Gasteiger partial charge is 0.123 e. The van der Waals surface area contributed by atoms with Crippen LogP contribution in [0.3, 0.4) is 0 Å². The molecule has 0 atom stereocenters. The molecule has 0 aliphatic heterocycles. The number of fused-ring (bicyclic) bond motifs is 3. The molecule has 0 N–H and O–H groups in total. The predicted molar refractivity (Wildman–Crippen MR) is 237 cm³/mol. The van der Waals surface area contributed by atoms with Crippen molar-refractivity contribution in [2.24, 2.45) is 0 Å². The Balaban J connectivity index is 1.00. The summed E-state index contributed by atoms with van der Waals surface area (Å²) < 4.78 is 16.0. The highest BCUT2D eigenvalue weighted by Gasteiger charge is 2.16.